The molecule has 0 atom stereocenters. The lowest BCUT2D eigenvalue weighted by molar-refractivity contribution is 0.284. The zero-order chi connectivity index (χ0) is 16.1. The minimum absolute atomic E-state index is 0.480. The third-order valence-corrected chi connectivity index (χ3v) is 4.18. The van der Waals surface area contributed by atoms with Crippen molar-refractivity contribution >= 4 is 21.8 Å². The molecule has 0 unspecified atom stereocenters. The quantitative estimate of drug-likeness (QED) is 0.865. The molecule has 0 aromatic heterocycles. The second-order valence-corrected chi connectivity index (χ2v) is 6.18. The summed E-state index contributed by atoms with van der Waals surface area (Å²) in [6, 6.07) is 14.0. The summed E-state index contributed by atoms with van der Waals surface area (Å²) in [5, 5.41) is 3.34. The first-order valence-corrected chi connectivity index (χ1v) is 8.40. The van der Waals surface area contributed by atoms with Gasteiger partial charge in [-0.2, -0.15) is 0 Å². The Labute approximate surface area is 144 Å². The summed E-state index contributed by atoms with van der Waals surface area (Å²) in [7, 11) is 1.65. The fraction of sp³-hybridized carbons (Fsp3) is 0.278. The summed E-state index contributed by atoms with van der Waals surface area (Å²) < 4.78 is 12.6. The van der Waals surface area contributed by atoms with E-state index < -0.39 is 0 Å². The first-order chi connectivity index (χ1) is 11.3. The fourth-order valence-electron chi connectivity index (χ4n) is 2.46. The second kappa shape index (κ2) is 7.51. The van der Waals surface area contributed by atoms with Crippen LogP contribution in [0.3, 0.4) is 0 Å². The molecule has 1 aliphatic rings. The number of methoxy groups -OCH3 is 1. The molecule has 1 N–H and O–H groups in total. The first-order valence-electron chi connectivity index (χ1n) is 7.61. The number of amidine groups is 1. The average molecular weight is 375 g/mol. The van der Waals surface area contributed by atoms with Gasteiger partial charge in [-0.3, -0.25) is 4.99 Å². The molecule has 3 rings (SSSR count). The SMILES string of the molecule is COc1cccc(C2=NCCCN2)c1OCc1ccc(Br)cc1. The van der Waals surface area contributed by atoms with Crippen LogP contribution in [0.1, 0.15) is 17.5 Å². The molecule has 1 heterocycles. The summed E-state index contributed by atoms with van der Waals surface area (Å²) in [6.45, 7) is 2.25. The van der Waals surface area contributed by atoms with E-state index >= 15 is 0 Å². The van der Waals surface area contributed by atoms with Gasteiger partial charge in [0.15, 0.2) is 11.5 Å². The largest absolute Gasteiger partial charge is 0.493 e. The lowest BCUT2D eigenvalue weighted by atomic mass is 10.1. The Hall–Kier alpha value is -2.01. The smallest absolute Gasteiger partial charge is 0.172 e. The molecular weight excluding hydrogens is 356 g/mol. The topological polar surface area (TPSA) is 42.8 Å². The second-order valence-electron chi connectivity index (χ2n) is 5.26. The van der Waals surface area contributed by atoms with Gasteiger partial charge >= 0.3 is 0 Å². The fourth-order valence-corrected chi connectivity index (χ4v) is 2.73. The predicted molar refractivity (Wildman–Crippen MR) is 95.5 cm³/mol. The van der Waals surface area contributed by atoms with Gasteiger partial charge in [0.1, 0.15) is 12.4 Å². The van der Waals surface area contributed by atoms with E-state index in [4.69, 9.17) is 9.47 Å². The molecule has 2 aromatic rings. The molecule has 2 aromatic carbocycles. The lowest BCUT2D eigenvalue weighted by Crippen LogP contribution is -2.30. The summed E-state index contributed by atoms with van der Waals surface area (Å²) in [4.78, 5) is 4.57. The van der Waals surface area contributed by atoms with Crippen molar-refractivity contribution < 1.29 is 9.47 Å². The Morgan fingerprint density at radius 1 is 1.17 bits per heavy atom. The number of hydrogen-bond acceptors (Lipinski definition) is 4. The number of hydrogen-bond donors (Lipinski definition) is 1. The van der Waals surface area contributed by atoms with Crippen molar-refractivity contribution in [1.82, 2.24) is 5.32 Å². The van der Waals surface area contributed by atoms with Crippen molar-refractivity contribution in [2.75, 3.05) is 20.2 Å². The third-order valence-electron chi connectivity index (χ3n) is 3.65. The maximum Gasteiger partial charge on any atom is 0.172 e. The van der Waals surface area contributed by atoms with Crippen molar-refractivity contribution in [1.29, 1.82) is 0 Å². The standard InChI is InChI=1S/C18H19BrN2O2/c1-22-16-5-2-4-15(18-20-10-3-11-21-18)17(16)23-12-13-6-8-14(19)9-7-13/h2,4-9H,3,10-12H2,1H3,(H,20,21). The van der Waals surface area contributed by atoms with Gasteiger partial charge in [-0.15, -0.1) is 0 Å². The molecule has 0 aliphatic carbocycles. The molecule has 120 valence electrons. The minimum Gasteiger partial charge on any atom is -0.493 e. The number of aliphatic imine (C=N–C) groups is 1. The van der Waals surface area contributed by atoms with Crippen LogP contribution >= 0.6 is 15.9 Å². The van der Waals surface area contributed by atoms with E-state index in [2.05, 4.69) is 26.2 Å². The van der Waals surface area contributed by atoms with Crippen molar-refractivity contribution in [3.63, 3.8) is 0 Å². The van der Waals surface area contributed by atoms with E-state index in [0.717, 1.165) is 52.4 Å². The zero-order valence-corrected chi connectivity index (χ0v) is 14.6. The Balaban J connectivity index is 1.86. The Morgan fingerprint density at radius 2 is 2.00 bits per heavy atom. The normalized spacial score (nSPS) is 13.9. The third kappa shape index (κ3) is 3.85. The van der Waals surface area contributed by atoms with Crippen molar-refractivity contribution in [3.8, 4) is 11.5 Å². The van der Waals surface area contributed by atoms with Crippen LogP contribution in [0.4, 0.5) is 0 Å². The van der Waals surface area contributed by atoms with Crippen LogP contribution in [0.5, 0.6) is 11.5 Å². The average Bonchev–Trinajstić information content (AvgIpc) is 2.61. The maximum atomic E-state index is 6.08. The molecule has 0 radical (unpaired) electrons. The van der Waals surface area contributed by atoms with Gasteiger partial charge in [-0.1, -0.05) is 34.1 Å². The van der Waals surface area contributed by atoms with Gasteiger partial charge in [-0.25, -0.2) is 0 Å². The summed E-state index contributed by atoms with van der Waals surface area (Å²) in [5.41, 5.74) is 2.05. The predicted octanol–water partition coefficient (Wildman–Crippen LogP) is 3.78. The van der Waals surface area contributed by atoms with Crippen LogP contribution in [-0.2, 0) is 6.61 Å². The molecule has 0 fully saturated rings. The first kappa shape index (κ1) is 15.9. The van der Waals surface area contributed by atoms with E-state index in [1.54, 1.807) is 7.11 Å². The number of benzene rings is 2. The van der Waals surface area contributed by atoms with Gasteiger partial charge < -0.3 is 14.8 Å². The van der Waals surface area contributed by atoms with Crippen LogP contribution in [0, 0.1) is 0 Å². The lowest BCUT2D eigenvalue weighted by Gasteiger charge is -2.19. The molecule has 0 spiro atoms. The molecule has 23 heavy (non-hydrogen) atoms. The van der Waals surface area contributed by atoms with Crippen molar-refractivity contribution in [2.45, 2.75) is 13.0 Å². The highest BCUT2D eigenvalue weighted by Gasteiger charge is 2.17. The molecular formula is C18H19BrN2O2. The zero-order valence-electron chi connectivity index (χ0n) is 13.0. The van der Waals surface area contributed by atoms with Gasteiger partial charge in [-0.05, 0) is 36.2 Å². The number of nitrogens with one attached hydrogen (secondary N) is 1. The molecule has 5 heteroatoms. The molecule has 0 bridgehead atoms. The van der Waals surface area contributed by atoms with Crippen LogP contribution < -0.4 is 14.8 Å². The molecule has 0 saturated carbocycles. The summed E-state index contributed by atoms with van der Waals surface area (Å²) in [5.74, 6) is 2.32. The monoisotopic (exact) mass is 374 g/mol. The van der Waals surface area contributed by atoms with E-state index in [9.17, 15) is 0 Å². The molecule has 4 nitrogen and oxygen atoms in total. The van der Waals surface area contributed by atoms with Crippen molar-refractivity contribution in [3.05, 3.63) is 58.1 Å². The number of halogens is 1. The number of rotatable bonds is 5. The van der Waals surface area contributed by atoms with Gasteiger partial charge in [0.05, 0.1) is 12.7 Å². The van der Waals surface area contributed by atoms with Crippen LogP contribution in [0.25, 0.3) is 0 Å². The van der Waals surface area contributed by atoms with Crippen LogP contribution in [0.15, 0.2) is 51.9 Å². The molecule has 0 saturated heterocycles. The maximum absolute atomic E-state index is 6.08. The van der Waals surface area contributed by atoms with Crippen molar-refractivity contribution in [2.24, 2.45) is 4.99 Å². The number of para-hydroxylation sites is 1. The highest BCUT2D eigenvalue weighted by Crippen LogP contribution is 2.32. The van der Waals surface area contributed by atoms with E-state index in [-0.39, 0.29) is 0 Å². The van der Waals surface area contributed by atoms with Gasteiger partial charge in [0.2, 0.25) is 0 Å². The Kier molecular flexibility index (Phi) is 5.18. The van der Waals surface area contributed by atoms with Crippen LogP contribution in [-0.4, -0.2) is 26.0 Å². The number of ether oxygens (including phenoxy) is 2. The Morgan fingerprint density at radius 3 is 2.70 bits per heavy atom. The highest BCUT2D eigenvalue weighted by molar-refractivity contribution is 9.10. The highest BCUT2D eigenvalue weighted by atomic mass is 79.9. The summed E-state index contributed by atoms with van der Waals surface area (Å²) in [6.07, 6.45) is 1.06. The van der Waals surface area contributed by atoms with Gasteiger partial charge in [0.25, 0.3) is 0 Å². The minimum atomic E-state index is 0.480. The van der Waals surface area contributed by atoms with E-state index in [1.165, 1.54) is 0 Å². The molecule has 1 aliphatic heterocycles. The Bertz CT molecular complexity index is 699. The van der Waals surface area contributed by atoms with Crippen LogP contribution in [0.2, 0.25) is 0 Å². The van der Waals surface area contributed by atoms with E-state index in [1.807, 2.05) is 42.5 Å². The van der Waals surface area contributed by atoms with E-state index in [0.29, 0.717) is 6.61 Å². The van der Waals surface area contributed by atoms with Gasteiger partial charge in [0, 0.05) is 17.6 Å². The number of nitrogens with zero attached hydrogens (tertiary/aromatic N) is 1. The molecule has 0 amide bonds. The summed E-state index contributed by atoms with van der Waals surface area (Å²) >= 11 is 3.44.